The Bertz CT molecular complexity index is 622. The number of carbonyl (C=O) groups excluding carboxylic acids is 1. The minimum atomic E-state index is -0.208. The molecule has 1 aromatic heterocycles. The Balaban J connectivity index is 1.73. The molecule has 1 aromatic rings. The monoisotopic (exact) mass is 360 g/mol. The third kappa shape index (κ3) is 4.80. The first kappa shape index (κ1) is 19.2. The predicted octanol–water partition coefficient (Wildman–Crippen LogP) is 1.85. The molecular formula is C20H32N4O2. The zero-order valence-corrected chi connectivity index (χ0v) is 16.2. The number of piperidine rings is 1. The molecule has 0 bridgehead atoms. The first-order valence-corrected chi connectivity index (χ1v) is 9.96. The smallest absolute Gasteiger partial charge is 0.270 e. The van der Waals surface area contributed by atoms with E-state index in [1.54, 1.807) is 0 Å². The van der Waals surface area contributed by atoms with E-state index in [4.69, 9.17) is 0 Å². The van der Waals surface area contributed by atoms with E-state index >= 15 is 0 Å². The van der Waals surface area contributed by atoms with E-state index in [9.17, 15) is 9.90 Å². The summed E-state index contributed by atoms with van der Waals surface area (Å²) in [6, 6.07) is 1.95. The van der Waals surface area contributed by atoms with Crippen LogP contribution in [0.25, 0.3) is 0 Å². The van der Waals surface area contributed by atoms with Crippen molar-refractivity contribution in [3.8, 4) is 0 Å². The Morgan fingerprint density at radius 2 is 1.96 bits per heavy atom. The van der Waals surface area contributed by atoms with Crippen molar-refractivity contribution in [3.63, 3.8) is 0 Å². The van der Waals surface area contributed by atoms with Crippen LogP contribution in [0.1, 0.15) is 61.5 Å². The van der Waals surface area contributed by atoms with Crippen LogP contribution in [0.5, 0.6) is 0 Å². The maximum absolute atomic E-state index is 12.9. The molecule has 3 N–H and O–H groups in total. The number of carbonyl (C=O) groups is 1. The van der Waals surface area contributed by atoms with Crippen molar-refractivity contribution in [1.29, 1.82) is 0 Å². The number of aliphatic hydroxyl groups is 1. The average Bonchev–Trinajstić information content (AvgIpc) is 2.56. The normalized spacial score (nSPS) is 25.0. The number of aromatic nitrogens is 2. The molecule has 144 valence electrons. The lowest BCUT2D eigenvalue weighted by molar-refractivity contribution is 0.00913. The van der Waals surface area contributed by atoms with Crippen molar-refractivity contribution in [2.45, 2.75) is 65.0 Å². The molecular weight excluding hydrogens is 328 g/mol. The van der Waals surface area contributed by atoms with Crippen LogP contribution < -0.4 is 10.6 Å². The fraction of sp³-hybridized carbons (Fsp3) is 0.750. The van der Waals surface area contributed by atoms with Gasteiger partial charge in [-0.3, -0.25) is 4.79 Å². The fourth-order valence-corrected chi connectivity index (χ4v) is 4.24. The summed E-state index contributed by atoms with van der Waals surface area (Å²) in [6.07, 6.45) is 4.35. The van der Waals surface area contributed by atoms with Crippen LogP contribution in [-0.2, 0) is 6.42 Å². The minimum absolute atomic E-state index is 0.106. The van der Waals surface area contributed by atoms with Crippen LogP contribution in [0.15, 0.2) is 6.07 Å². The van der Waals surface area contributed by atoms with Crippen molar-refractivity contribution in [2.75, 3.05) is 13.1 Å². The summed E-state index contributed by atoms with van der Waals surface area (Å²) in [6.45, 7) is 8.13. The van der Waals surface area contributed by atoms with Crippen LogP contribution in [0.3, 0.4) is 0 Å². The molecule has 2 heterocycles. The Kier molecular flexibility index (Phi) is 6.24. The van der Waals surface area contributed by atoms with Crippen molar-refractivity contribution in [1.82, 2.24) is 20.6 Å². The lowest BCUT2D eigenvalue weighted by atomic mass is 9.71. The van der Waals surface area contributed by atoms with Crippen LogP contribution in [0.2, 0.25) is 0 Å². The third-order valence-electron chi connectivity index (χ3n) is 5.59. The Morgan fingerprint density at radius 3 is 2.58 bits per heavy atom. The van der Waals surface area contributed by atoms with E-state index < -0.39 is 0 Å². The molecule has 0 unspecified atom stereocenters. The molecule has 1 saturated heterocycles. The average molecular weight is 361 g/mol. The van der Waals surface area contributed by atoms with Gasteiger partial charge in [0, 0.05) is 11.7 Å². The molecule has 0 aromatic carbocycles. The van der Waals surface area contributed by atoms with Gasteiger partial charge in [-0.25, -0.2) is 9.97 Å². The minimum Gasteiger partial charge on any atom is -0.393 e. The molecule has 2 aliphatic rings. The standard InChI is InChI=1S/C20H32N4O2/c1-12(2)8-16-11-18(23-13(3)22-16)20(26)24-19(15-9-17(25)10-15)14-4-6-21-7-5-14/h11-12,14-15,17,19,21,25H,4-10H2,1-3H3,(H,24,26)/t15?,17?,19-/m0/s1. The highest BCUT2D eigenvalue weighted by molar-refractivity contribution is 5.92. The molecule has 0 radical (unpaired) electrons. The van der Waals surface area contributed by atoms with Gasteiger partial charge >= 0.3 is 0 Å². The Labute approximate surface area is 156 Å². The van der Waals surface area contributed by atoms with Gasteiger partial charge in [0.1, 0.15) is 11.5 Å². The summed E-state index contributed by atoms with van der Waals surface area (Å²) in [7, 11) is 0. The van der Waals surface area contributed by atoms with Gasteiger partial charge in [0.25, 0.3) is 5.91 Å². The molecule has 1 saturated carbocycles. The summed E-state index contributed by atoms with van der Waals surface area (Å²) >= 11 is 0. The number of amides is 1. The van der Waals surface area contributed by atoms with Gasteiger partial charge in [-0.05, 0) is 75.9 Å². The number of nitrogens with zero attached hydrogens (tertiary/aromatic N) is 2. The predicted molar refractivity (Wildman–Crippen MR) is 101 cm³/mol. The van der Waals surface area contributed by atoms with E-state index in [0.29, 0.717) is 29.3 Å². The molecule has 6 nitrogen and oxygen atoms in total. The maximum atomic E-state index is 12.9. The van der Waals surface area contributed by atoms with Gasteiger partial charge in [-0.2, -0.15) is 0 Å². The van der Waals surface area contributed by atoms with Gasteiger partial charge in [-0.1, -0.05) is 13.8 Å². The summed E-state index contributed by atoms with van der Waals surface area (Å²) in [5.74, 6) is 1.86. The molecule has 3 rings (SSSR count). The van der Waals surface area contributed by atoms with Gasteiger partial charge in [-0.15, -0.1) is 0 Å². The zero-order valence-electron chi connectivity index (χ0n) is 16.2. The van der Waals surface area contributed by atoms with Crippen LogP contribution in [0, 0.1) is 24.7 Å². The van der Waals surface area contributed by atoms with E-state index in [0.717, 1.165) is 50.9 Å². The molecule has 1 amide bonds. The van der Waals surface area contributed by atoms with Crippen molar-refractivity contribution < 1.29 is 9.90 Å². The van der Waals surface area contributed by atoms with Crippen LogP contribution in [0.4, 0.5) is 0 Å². The second-order valence-electron chi connectivity index (χ2n) is 8.36. The van der Waals surface area contributed by atoms with E-state index in [-0.39, 0.29) is 18.1 Å². The number of hydrogen-bond acceptors (Lipinski definition) is 5. The molecule has 1 atom stereocenters. The highest BCUT2D eigenvalue weighted by atomic mass is 16.3. The zero-order chi connectivity index (χ0) is 18.7. The third-order valence-corrected chi connectivity index (χ3v) is 5.59. The summed E-state index contributed by atoms with van der Waals surface area (Å²) in [5.41, 5.74) is 1.39. The Morgan fingerprint density at radius 1 is 1.27 bits per heavy atom. The number of hydrogen-bond donors (Lipinski definition) is 3. The highest BCUT2D eigenvalue weighted by Crippen LogP contribution is 2.35. The number of nitrogens with one attached hydrogen (secondary N) is 2. The lowest BCUT2D eigenvalue weighted by Crippen LogP contribution is -2.53. The highest BCUT2D eigenvalue weighted by Gasteiger charge is 2.39. The quantitative estimate of drug-likeness (QED) is 0.721. The second kappa shape index (κ2) is 8.44. The Hall–Kier alpha value is -1.53. The molecule has 1 aliphatic carbocycles. The van der Waals surface area contributed by atoms with Gasteiger partial charge in [0.05, 0.1) is 6.10 Å². The molecule has 2 fully saturated rings. The summed E-state index contributed by atoms with van der Waals surface area (Å²) in [4.78, 5) is 21.8. The maximum Gasteiger partial charge on any atom is 0.270 e. The summed E-state index contributed by atoms with van der Waals surface area (Å²) < 4.78 is 0. The van der Waals surface area contributed by atoms with E-state index in [1.165, 1.54) is 0 Å². The van der Waals surface area contributed by atoms with Crippen molar-refractivity contribution >= 4 is 5.91 Å². The molecule has 1 aliphatic heterocycles. The molecule has 6 heteroatoms. The first-order chi connectivity index (χ1) is 12.4. The van der Waals surface area contributed by atoms with Crippen molar-refractivity contribution in [3.05, 3.63) is 23.3 Å². The first-order valence-electron chi connectivity index (χ1n) is 9.96. The van der Waals surface area contributed by atoms with Gasteiger partial charge < -0.3 is 15.7 Å². The fourth-order valence-electron chi connectivity index (χ4n) is 4.24. The SMILES string of the molecule is Cc1nc(CC(C)C)cc(C(=O)N[C@@H](C2CCNCC2)C2CC(O)C2)n1. The van der Waals surface area contributed by atoms with Crippen molar-refractivity contribution in [2.24, 2.45) is 17.8 Å². The topological polar surface area (TPSA) is 87.1 Å². The number of rotatable bonds is 6. The van der Waals surface area contributed by atoms with E-state index in [2.05, 4.69) is 34.4 Å². The second-order valence-corrected chi connectivity index (χ2v) is 8.36. The molecule has 0 spiro atoms. The molecule has 26 heavy (non-hydrogen) atoms. The van der Waals surface area contributed by atoms with Gasteiger partial charge in [0.2, 0.25) is 0 Å². The van der Waals surface area contributed by atoms with Crippen LogP contribution in [-0.4, -0.2) is 46.2 Å². The van der Waals surface area contributed by atoms with E-state index in [1.807, 2.05) is 13.0 Å². The summed E-state index contributed by atoms with van der Waals surface area (Å²) in [5, 5.41) is 16.4. The van der Waals surface area contributed by atoms with Gasteiger partial charge in [0.15, 0.2) is 0 Å². The number of aryl methyl sites for hydroxylation is 1. The van der Waals surface area contributed by atoms with Crippen LogP contribution >= 0.6 is 0 Å². The number of aliphatic hydroxyl groups excluding tert-OH is 1. The lowest BCUT2D eigenvalue weighted by Gasteiger charge is -2.43. The largest absolute Gasteiger partial charge is 0.393 e.